The number of halogens is 1. The van der Waals surface area contributed by atoms with Crippen molar-refractivity contribution in [1.82, 2.24) is 0 Å². The maximum Gasteiger partial charge on any atom is 0.164 e. The fourth-order valence-electron chi connectivity index (χ4n) is 2.36. The van der Waals surface area contributed by atoms with Crippen molar-refractivity contribution in [2.75, 3.05) is 13.2 Å². The molecule has 0 aromatic heterocycles. The van der Waals surface area contributed by atoms with Gasteiger partial charge in [0.25, 0.3) is 0 Å². The summed E-state index contributed by atoms with van der Waals surface area (Å²) in [5.41, 5.74) is 6.45. The van der Waals surface area contributed by atoms with E-state index < -0.39 is 0 Å². The van der Waals surface area contributed by atoms with Crippen molar-refractivity contribution in [2.24, 2.45) is 11.7 Å². The van der Waals surface area contributed by atoms with Gasteiger partial charge < -0.3 is 15.2 Å². The van der Waals surface area contributed by atoms with E-state index in [2.05, 4.69) is 6.92 Å². The van der Waals surface area contributed by atoms with E-state index >= 15 is 0 Å². The average molecular weight is 283 g/mol. The normalized spacial score (nSPS) is 13.9. The molecule has 2 unspecified atom stereocenters. The van der Waals surface area contributed by atoms with Gasteiger partial charge in [-0.2, -0.15) is 0 Å². The van der Waals surface area contributed by atoms with E-state index in [1.54, 1.807) is 6.07 Å². The van der Waals surface area contributed by atoms with Crippen molar-refractivity contribution in [3.8, 4) is 11.5 Å². The van der Waals surface area contributed by atoms with Crippen LogP contribution in [0.3, 0.4) is 0 Å². The van der Waals surface area contributed by atoms with E-state index in [0.29, 0.717) is 42.6 Å². The van der Waals surface area contributed by atoms with Crippen LogP contribution in [-0.2, 0) is 6.42 Å². The predicted molar refractivity (Wildman–Crippen MR) is 79.9 cm³/mol. The van der Waals surface area contributed by atoms with Crippen molar-refractivity contribution in [1.29, 1.82) is 0 Å². The Morgan fingerprint density at radius 3 is 2.15 bits per heavy atom. The van der Waals surface area contributed by atoms with E-state index in [-0.39, 0.29) is 11.9 Å². The summed E-state index contributed by atoms with van der Waals surface area (Å²) in [6, 6.07) is 3.30. The molecule has 0 amide bonds. The van der Waals surface area contributed by atoms with Gasteiger partial charge in [0, 0.05) is 12.1 Å². The van der Waals surface area contributed by atoms with Crippen LogP contribution in [0.4, 0.5) is 4.39 Å². The minimum absolute atomic E-state index is 0.127. The van der Waals surface area contributed by atoms with Crippen molar-refractivity contribution in [3.63, 3.8) is 0 Å². The fourth-order valence-corrected chi connectivity index (χ4v) is 2.36. The first kappa shape index (κ1) is 16.8. The molecule has 0 saturated carbocycles. The first-order chi connectivity index (χ1) is 9.47. The smallest absolute Gasteiger partial charge is 0.164 e. The summed E-state index contributed by atoms with van der Waals surface area (Å²) in [6.45, 7) is 8.83. The van der Waals surface area contributed by atoms with Gasteiger partial charge >= 0.3 is 0 Å². The van der Waals surface area contributed by atoms with Crippen molar-refractivity contribution in [2.45, 2.75) is 46.6 Å². The lowest BCUT2D eigenvalue weighted by Gasteiger charge is -2.17. The summed E-state index contributed by atoms with van der Waals surface area (Å²) in [6.07, 6.45) is 1.52. The molecule has 0 aliphatic heterocycles. The second-order valence-electron chi connectivity index (χ2n) is 5.28. The minimum atomic E-state index is -0.242. The Bertz CT molecular complexity index is 421. The molecule has 2 N–H and O–H groups in total. The molecular weight excluding hydrogens is 257 g/mol. The van der Waals surface area contributed by atoms with Crippen LogP contribution in [-0.4, -0.2) is 19.3 Å². The lowest BCUT2D eigenvalue weighted by atomic mass is 9.95. The molecule has 0 fully saturated rings. The third kappa shape index (κ3) is 5.00. The van der Waals surface area contributed by atoms with Gasteiger partial charge in [0.05, 0.1) is 13.2 Å². The molecule has 0 spiro atoms. The third-order valence-corrected chi connectivity index (χ3v) is 3.05. The Labute approximate surface area is 121 Å². The van der Waals surface area contributed by atoms with Gasteiger partial charge in [0.1, 0.15) is 5.82 Å². The largest absolute Gasteiger partial charge is 0.490 e. The molecule has 0 heterocycles. The van der Waals surface area contributed by atoms with Crippen LogP contribution in [0.25, 0.3) is 0 Å². The molecule has 1 aromatic carbocycles. The molecule has 4 heteroatoms. The van der Waals surface area contributed by atoms with Gasteiger partial charge in [-0.05, 0) is 51.2 Å². The number of rotatable bonds is 8. The van der Waals surface area contributed by atoms with Gasteiger partial charge in [-0.3, -0.25) is 0 Å². The number of nitrogens with two attached hydrogens (primary N) is 1. The molecule has 0 radical (unpaired) electrons. The van der Waals surface area contributed by atoms with Crippen LogP contribution in [0.5, 0.6) is 11.5 Å². The highest BCUT2D eigenvalue weighted by Gasteiger charge is 2.15. The first-order valence-electron chi connectivity index (χ1n) is 7.31. The van der Waals surface area contributed by atoms with Crippen molar-refractivity contribution in [3.05, 3.63) is 23.5 Å². The van der Waals surface area contributed by atoms with Gasteiger partial charge in [-0.15, -0.1) is 0 Å². The van der Waals surface area contributed by atoms with E-state index in [0.717, 1.165) is 6.42 Å². The Balaban J connectivity index is 2.93. The molecular formula is C16H26FNO2. The molecule has 3 nitrogen and oxygen atoms in total. The lowest BCUT2D eigenvalue weighted by Crippen LogP contribution is -2.19. The molecule has 0 aliphatic rings. The minimum Gasteiger partial charge on any atom is -0.490 e. The van der Waals surface area contributed by atoms with Crippen LogP contribution < -0.4 is 15.2 Å². The molecule has 20 heavy (non-hydrogen) atoms. The molecule has 1 rings (SSSR count). The summed E-state index contributed by atoms with van der Waals surface area (Å²) in [5, 5.41) is 0. The number of hydrogen-bond donors (Lipinski definition) is 1. The lowest BCUT2D eigenvalue weighted by molar-refractivity contribution is 0.285. The van der Waals surface area contributed by atoms with E-state index in [9.17, 15) is 4.39 Å². The molecule has 1 aromatic rings. The third-order valence-electron chi connectivity index (χ3n) is 3.05. The highest BCUT2D eigenvalue weighted by Crippen LogP contribution is 2.32. The predicted octanol–water partition coefficient (Wildman–Crippen LogP) is 3.54. The zero-order valence-electron chi connectivity index (χ0n) is 12.9. The van der Waals surface area contributed by atoms with Crippen LogP contribution >= 0.6 is 0 Å². The molecule has 114 valence electrons. The van der Waals surface area contributed by atoms with Gasteiger partial charge in [0.2, 0.25) is 0 Å². The molecule has 2 atom stereocenters. The quantitative estimate of drug-likeness (QED) is 0.793. The average Bonchev–Trinajstić information content (AvgIpc) is 2.34. The summed E-state index contributed by atoms with van der Waals surface area (Å²) in [4.78, 5) is 0. The monoisotopic (exact) mass is 283 g/mol. The number of ether oxygens (including phenoxy) is 2. The second kappa shape index (κ2) is 8.10. The molecule has 0 bridgehead atoms. The summed E-state index contributed by atoms with van der Waals surface area (Å²) in [5.74, 6) is 1.17. The van der Waals surface area contributed by atoms with E-state index in [4.69, 9.17) is 15.2 Å². The summed E-state index contributed by atoms with van der Waals surface area (Å²) < 4.78 is 25.1. The van der Waals surface area contributed by atoms with Crippen LogP contribution in [0.15, 0.2) is 12.1 Å². The molecule has 0 aliphatic carbocycles. The summed E-state index contributed by atoms with van der Waals surface area (Å²) in [7, 11) is 0. The Kier molecular flexibility index (Phi) is 6.79. The van der Waals surface area contributed by atoms with Crippen molar-refractivity contribution >= 4 is 0 Å². The van der Waals surface area contributed by atoms with Crippen LogP contribution in [0.1, 0.15) is 39.7 Å². The SMILES string of the molecule is CCOc1cc(F)c(CC(C)CC(C)N)cc1OCC. The first-order valence-corrected chi connectivity index (χ1v) is 7.31. The zero-order valence-corrected chi connectivity index (χ0v) is 12.9. The zero-order chi connectivity index (χ0) is 15.1. The van der Waals surface area contributed by atoms with Gasteiger partial charge in [-0.25, -0.2) is 4.39 Å². The standard InChI is InChI=1S/C16H26FNO2/c1-5-19-15-9-13(8-11(3)7-12(4)18)14(17)10-16(15)20-6-2/h9-12H,5-8,18H2,1-4H3. The highest BCUT2D eigenvalue weighted by molar-refractivity contribution is 5.44. The maximum absolute atomic E-state index is 14.1. The number of benzene rings is 1. The van der Waals surface area contributed by atoms with Crippen LogP contribution in [0, 0.1) is 11.7 Å². The Hall–Kier alpha value is -1.29. The van der Waals surface area contributed by atoms with Gasteiger partial charge in [0.15, 0.2) is 11.5 Å². The van der Waals surface area contributed by atoms with Crippen LogP contribution in [0.2, 0.25) is 0 Å². The van der Waals surface area contributed by atoms with E-state index in [1.165, 1.54) is 6.07 Å². The Morgan fingerprint density at radius 1 is 1.10 bits per heavy atom. The Morgan fingerprint density at radius 2 is 1.65 bits per heavy atom. The maximum atomic E-state index is 14.1. The van der Waals surface area contributed by atoms with Gasteiger partial charge in [-0.1, -0.05) is 6.92 Å². The van der Waals surface area contributed by atoms with Crippen molar-refractivity contribution < 1.29 is 13.9 Å². The number of hydrogen-bond acceptors (Lipinski definition) is 3. The molecule has 0 saturated heterocycles. The fraction of sp³-hybridized carbons (Fsp3) is 0.625. The highest BCUT2D eigenvalue weighted by atomic mass is 19.1. The summed E-state index contributed by atoms with van der Waals surface area (Å²) >= 11 is 0. The topological polar surface area (TPSA) is 44.5 Å². The second-order valence-corrected chi connectivity index (χ2v) is 5.28. The van der Waals surface area contributed by atoms with E-state index in [1.807, 2.05) is 20.8 Å².